The van der Waals surface area contributed by atoms with Gasteiger partial charge in [0.1, 0.15) is 11.3 Å². The first-order valence-electron chi connectivity index (χ1n) is 7.00. The number of aromatic nitrogens is 1. The molecule has 1 aromatic carbocycles. The molecule has 0 fully saturated rings. The Hall–Kier alpha value is -1.81. The van der Waals surface area contributed by atoms with E-state index >= 15 is 0 Å². The van der Waals surface area contributed by atoms with E-state index in [2.05, 4.69) is 24.1 Å². The van der Waals surface area contributed by atoms with E-state index < -0.39 is 0 Å². The molecule has 1 N–H and O–H groups in total. The standard InChI is InChI=1S/C16H19ClN2O2/c1-11(2)7-9-18-15(20)10-21-14-6-5-13(17)12-4-3-8-19-16(12)14/h3-6,8,11H,7,9-10H2,1-2H3,(H,18,20). The Bertz CT molecular complexity index is 629. The number of amides is 1. The number of pyridine rings is 1. The molecule has 112 valence electrons. The molecule has 2 rings (SSSR count). The quantitative estimate of drug-likeness (QED) is 0.889. The van der Waals surface area contributed by atoms with E-state index in [0.717, 1.165) is 11.8 Å². The van der Waals surface area contributed by atoms with Crippen LogP contribution in [0.25, 0.3) is 10.9 Å². The molecule has 0 aliphatic rings. The lowest BCUT2D eigenvalue weighted by molar-refractivity contribution is -0.123. The van der Waals surface area contributed by atoms with Crippen molar-refractivity contribution in [3.05, 3.63) is 35.5 Å². The van der Waals surface area contributed by atoms with Gasteiger partial charge in [-0.05, 0) is 36.6 Å². The monoisotopic (exact) mass is 306 g/mol. The molecule has 21 heavy (non-hydrogen) atoms. The lowest BCUT2D eigenvalue weighted by Crippen LogP contribution is -2.30. The lowest BCUT2D eigenvalue weighted by atomic mass is 10.1. The molecule has 0 unspecified atom stereocenters. The summed E-state index contributed by atoms with van der Waals surface area (Å²) < 4.78 is 5.56. The van der Waals surface area contributed by atoms with Crippen molar-refractivity contribution in [3.63, 3.8) is 0 Å². The first-order chi connectivity index (χ1) is 10.1. The van der Waals surface area contributed by atoms with Gasteiger partial charge in [-0.25, -0.2) is 0 Å². The first-order valence-corrected chi connectivity index (χ1v) is 7.38. The minimum Gasteiger partial charge on any atom is -0.481 e. The molecule has 0 radical (unpaired) electrons. The van der Waals surface area contributed by atoms with Gasteiger partial charge in [0.05, 0.1) is 5.02 Å². The summed E-state index contributed by atoms with van der Waals surface area (Å²) in [6.07, 6.45) is 2.63. The van der Waals surface area contributed by atoms with Crippen LogP contribution in [-0.2, 0) is 4.79 Å². The van der Waals surface area contributed by atoms with Crippen LogP contribution >= 0.6 is 11.6 Å². The van der Waals surface area contributed by atoms with E-state index in [9.17, 15) is 4.79 Å². The number of benzene rings is 1. The maximum atomic E-state index is 11.7. The molecule has 0 saturated heterocycles. The van der Waals surface area contributed by atoms with Crippen LogP contribution in [0.1, 0.15) is 20.3 Å². The van der Waals surface area contributed by atoms with E-state index in [4.69, 9.17) is 16.3 Å². The number of carbonyl (C=O) groups excluding carboxylic acids is 1. The van der Waals surface area contributed by atoms with Crippen molar-refractivity contribution < 1.29 is 9.53 Å². The molecular formula is C16H19ClN2O2. The van der Waals surface area contributed by atoms with Gasteiger partial charge in [-0.3, -0.25) is 9.78 Å². The number of fused-ring (bicyclic) bond motifs is 1. The van der Waals surface area contributed by atoms with Gasteiger partial charge in [0.15, 0.2) is 6.61 Å². The second-order valence-electron chi connectivity index (χ2n) is 5.27. The highest BCUT2D eigenvalue weighted by molar-refractivity contribution is 6.35. The van der Waals surface area contributed by atoms with E-state index in [1.807, 2.05) is 12.1 Å². The molecule has 0 saturated carbocycles. The Morgan fingerprint density at radius 3 is 2.95 bits per heavy atom. The zero-order chi connectivity index (χ0) is 15.2. The van der Waals surface area contributed by atoms with Crippen molar-refractivity contribution in [1.82, 2.24) is 10.3 Å². The summed E-state index contributed by atoms with van der Waals surface area (Å²) in [6.45, 7) is 4.88. The van der Waals surface area contributed by atoms with Crippen LogP contribution < -0.4 is 10.1 Å². The maximum Gasteiger partial charge on any atom is 0.257 e. The second kappa shape index (κ2) is 7.27. The van der Waals surface area contributed by atoms with E-state index in [-0.39, 0.29) is 12.5 Å². The molecule has 4 nitrogen and oxygen atoms in total. The van der Waals surface area contributed by atoms with Crippen molar-refractivity contribution in [2.75, 3.05) is 13.2 Å². The molecule has 0 aliphatic carbocycles. The topological polar surface area (TPSA) is 51.2 Å². The Labute approximate surface area is 129 Å². The first kappa shape index (κ1) is 15.6. The summed E-state index contributed by atoms with van der Waals surface area (Å²) >= 11 is 6.12. The van der Waals surface area contributed by atoms with Gasteiger partial charge in [0.25, 0.3) is 5.91 Å². The normalized spacial score (nSPS) is 10.9. The molecule has 0 aliphatic heterocycles. The van der Waals surface area contributed by atoms with Crippen LogP contribution in [0.15, 0.2) is 30.5 Å². The van der Waals surface area contributed by atoms with Crippen molar-refractivity contribution in [1.29, 1.82) is 0 Å². The molecular weight excluding hydrogens is 288 g/mol. The fraction of sp³-hybridized carbons (Fsp3) is 0.375. The van der Waals surface area contributed by atoms with Crippen molar-refractivity contribution >= 4 is 28.4 Å². The lowest BCUT2D eigenvalue weighted by Gasteiger charge is -2.10. The number of ether oxygens (including phenoxy) is 1. The Morgan fingerprint density at radius 2 is 2.19 bits per heavy atom. The number of carbonyl (C=O) groups is 1. The molecule has 0 bridgehead atoms. The van der Waals surface area contributed by atoms with Crippen molar-refractivity contribution in [2.24, 2.45) is 5.92 Å². The van der Waals surface area contributed by atoms with Crippen LogP contribution in [0.2, 0.25) is 5.02 Å². The van der Waals surface area contributed by atoms with E-state index in [1.54, 1.807) is 18.3 Å². The largest absolute Gasteiger partial charge is 0.481 e. The highest BCUT2D eigenvalue weighted by Gasteiger charge is 2.09. The van der Waals surface area contributed by atoms with E-state index in [1.165, 1.54) is 0 Å². The van der Waals surface area contributed by atoms with Crippen molar-refractivity contribution in [3.8, 4) is 5.75 Å². The second-order valence-corrected chi connectivity index (χ2v) is 5.67. The zero-order valence-electron chi connectivity index (χ0n) is 12.2. The summed E-state index contributed by atoms with van der Waals surface area (Å²) in [4.78, 5) is 16.0. The SMILES string of the molecule is CC(C)CCNC(=O)COc1ccc(Cl)c2cccnc12. The summed E-state index contributed by atoms with van der Waals surface area (Å²) in [5.74, 6) is 0.999. The van der Waals surface area contributed by atoms with Gasteiger partial charge in [0.2, 0.25) is 0 Å². The summed E-state index contributed by atoms with van der Waals surface area (Å²) in [5, 5.41) is 4.27. The Morgan fingerprint density at radius 1 is 1.38 bits per heavy atom. The fourth-order valence-corrected chi connectivity index (χ4v) is 2.14. The van der Waals surface area contributed by atoms with Crippen LogP contribution in [-0.4, -0.2) is 24.0 Å². The number of hydrogen-bond donors (Lipinski definition) is 1. The minimum atomic E-state index is -0.130. The molecule has 1 aromatic heterocycles. The average molecular weight is 307 g/mol. The summed E-state index contributed by atoms with van der Waals surface area (Å²) in [6, 6.07) is 7.17. The van der Waals surface area contributed by atoms with Gasteiger partial charge in [-0.15, -0.1) is 0 Å². The average Bonchev–Trinajstić information content (AvgIpc) is 2.46. The number of hydrogen-bond acceptors (Lipinski definition) is 3. The molecule has 0 atom stereocenters. The van der Waals surface area contributed by atoms with Gasteiger partial charge < -0.3 is 10.1 Å². The highest BCUT2D eigenvalue weighted by Crippen LogP contribution is 2.29. The van der Waals surface area contributed by atoms with Crippen LogP contribution in [0, 0.1) is 5.92 Å². The smallest absolute Gasteiger partial charge is 0.257 e. The molecule has 1 amide bonds. The Balaban J connectivity index is 1.98. The summed E-state index contributed by atoms with van der Waals surface area (Å²) in [5.41, 5.74) is 0.667. The third kappa shape index (κ3) is 4.33. The number of nitrogens with zero attached hydrogens (tertiary/aromatic N) is 1. The van der Waals surface area contributed by atoms with Gasteiger partial charge >= 0.3 is 0 Å². The maximum absolute atomic E-state index is 11.7. The van der Waals surface area contributed by atoms with Gasteiger partial charge in [-0.2, -0.15) is 0 Å². The third-order valence-electron chi connectivity index (χ3n) is 3.08. The van der Waals surface area contributed by atoms with Crippen molar-refractivity contribution in [2.45, 2.75) is 20.3 Å². The van der Waals surface area contributed by atoms with Crippen LogP contribution in [0.4, 0.5) is 0 Å². The van der Waals surface area contributed by atoms with Gasteiger partial charge in [-0.1, -0.05) is 25.4 Å². The predicted molar refractivity (Wildman–Crippen MR) is 84.7 cm³/mol. The van der Waals surface area contributed by atoms with E-state index in [0.29, 0.717) is 28.8 Å². The zero-order valence-corrected chi connectivity index (χ0v) is 13.0. The number of nitrogens with one attached hydrogen (secondary N) is 1. The molecule has 1 heterocycles. The molecule has 2 aromatic rings. The molecule has 5 heteroatoms. The summed E-state index contributed by atoms with van der Waals surface area (Å²) in [7, 11) is 0. The minimum absolute atomic E-state index is 0.0224. The fourth-order valence-electron chi connectivity index (χ4n) is 1.92. The third-order valence-corrected chi connectivity index (χ3v) is 3.41. The Kier molecular flexibility index (Phi) is 5.39. The van der Waals surface area contributed by atoms with Gasteiger partial charge in [0, 0.05) is 18.1 Å². The molecule has 0 spiro atoms. The highest BCUT2D eigenvalue weighted by atomic mass is 35.5. The number of halogens is 1. The van der Waals surface area contributed by atoms with Crippen LogP contribution in [0.5, 0.6) is 5.75 Å². The predicted octanol–water partition coefficient (Wildman–Crippen LogP) is 3.43. The van der Waals surface area contributed by atoms with Crippen LogP contribution in [0.3, 0.4) is 0 Å². The number of rotatable bonds is 6.